The molecule has 100 valence electrons. The molecule has 0 bridgehead atoms. The Kier molecular flexibility index (Phi) is 4.93. The van der Waals surface area contributed by atoms with Gasteiger partial charge in [0.05, 0.1) is 0 Å². The van der Waals surface area contributed by atoms with Crippen LogP contribution in [-0.4, -0.2) is 9.97 Å². The number of hydrogen-bond acceptors (Lipinski definition) is 3. The van der Waals surface area contributed by atoms with Gasteiger partial charge in [0.2, 0.25) is 0 Å². The van der Waals surface area contributed by atoms with Gasteiger partial charge in [-0.3, -0.25) is 0 Å². The highest BCUT2D eigenvalue weighted by atomic mass is 79.9. The molecule has 0 saturated heterocycles. The standard InChI is InChI=1S/C14H15Br2N3/c1-3-5-13-18-12(16)8-14(19-13)17-11-7-4-6-10(15)9(11)2/h4,6-8H,3,5H2,1-2H3,(H,17,18,19). The number of benzene rings is 1. The third kappa shape index (κ3) is 3.76. The van der Waals surface area contributed by atoms with Crippen LogP contribution in [0.25, 0.3) is 0 Å². The van der Waals surface area contributed by atoms with E-state index in [4.69, 9.17) is 0 Å². The van der Waals surface area contributed by atoms with Gasteiger partial charge in [-0.25, -0.2) is 9.97 Å². The van der Waals surface area contributed by atoms with E-state index in [1.807, 2.05) is 24.3 Å². The van der Waals surface area contributed by atoms with Crippen molar-refractivity contribution in [1.29, 1.82) is 0 Å². The number of aryl methyl sites for hydroxylation is 1. The number of rotatable bonds is 4. The van der Waals surface area contributed by atoms with Gasteiger partial charge in [0.25, 0.3) is 0 Å². The molecule has 2 aromatic rings. The van der Waals surface area contributed by atoms with E-state index in [1.165, 1.54) is 0 Å². The van der Waals surface area contributed by atoms with E-state index in [9.17, 15) is 0 Å². The van der Waals surface area contributed by atoms with E-state index in [2.05, 4.69) is 61.0 Å². The number of aromatic nitrogens is 2. The largest absolute Gasteiger partial charge is 0.340 e. The number of halogens is 2. The topological polar surface area (TPSA) is 37.8 Å². The van der Waals surface area contributed by atoms with Gasteiger partial charge in [-0.05, 0) is 47.0 Å². The van der Waals surface area contributed by atoms with Crippen LogP contribution in [0, 0.1) is 6.92 Å². The second kappa shape index (κ2) is 6.48. The van der Waals surface area contributed by atoms with Gasteiger partial charge in [0.1, 0.15) is 16.2 Å². The second-order valence-corrected chi connectivity index (χ2v) is 5.95. The van der Waals surface area contributed by atoms with Crippen molar-refractivity contribution in [1.82, 2.24) is 9.97 Å². The van der Waals surface area contributed by atoms with Crippen LogP contribution in [0.1, 0.15) is 24.7 Å². The summed E-state index contributed by atoms with van der Waals surface area (Å²) in [5.41, 5.74) is 2.21. The molecule has 0 atom stereocenters. The van der Waals surface area contributed by atoms with Gasteiger partial charge in [0.15, 0.2) is 0 Å². The summed E-state index contributed by atoms with van der Waals surface area (Å²) >= 11 is 6.96. The summed E-state index contributed by atoms with van der Waals surface area (Å²) in [5, 5.41) is 3.34. The highest BCUT2D eigenvalue weighted by molar-refractivity contribution is 9.10. The molecule has 0 radical (unpaired) electrons. The first-order chi connectivity index (χ1) is 9.10. The van der Waals surface area contributed by atoms with Gasteiger partial charge < -0.3 is 5.32 Å². The lowest BCUT2D eigenvalue weighted by Gasteiger charge is -2.11. The van der Waals surface area contributed by atoms with Crippen LogP contribution >= 0.6 is 31.9 Å². The lowest BCUT2D eigenvalue weighted by Crippen LogP contribution is -2.01. The highest BCUT2D eigenvalue weighted by Crippen LogP contribution is 2.26. The maximum atomic E-state index is 4.52. The zero-order valence-electron chi connectivity index (χ0n) is 10.9. The Bertz CT molecular complexity index is 585. The molecule has 0 spiro atoms. The molecule has 2 rings (SSSR count). The van der Waals surface area contributed by atoms with Crippen molar-refractivity contribution in [3.05, 3.63) is 44.7 Å². The van der Waals surface area contributed by atoms with Crippen LogP contribution in [0.5, 0.6) is 0 Å². The molecule has 19 heavy (non-hydrogen) atoms. The van der Waals surface area contributed by atoms with Gasteiger partial charge in [-0.15, -0.1) is 0 Å². The van der Waals surface area contributed by atoms with Crippen molar-refractivity contribution in [3.63, 3.8) is 0 Å². The molecule has 0 amide bonds. The van der Waals surface area contributed by atoms with Crippen molar-refractivity contribution >= 4 is 43.4 Å². The summed E-state index contributed by atoms with van der Waals surface area (Å²) in [6.07, 6.45) is 1.91. The van der Waals surface area contributed by atoms with Gasteiger partial charge in [0, 0.05) is 22.6 Å². The fourth-order valence-electron chi connectivity index (χ4n) is 1.75. The molecule has 1 aromatic heterocycles. The van der Waals surface area contributed by atoms with Crippen LogP contribution in [0.2, 0.25) is 0 Å². The average molecular weight is 385 g/mol. The summed E-state index contributed by atoms with van der Waals surface area (Å²) in [6.45, 7) is 4.19. The number of nitrogens with one attached hydrogen (secondary N) is 1. The zero-order valence-corrected chi connectivity index (χ0v) is 14.0. The van der Waals surface area contributed by atoms with Crippen molar-refractivity contribution in [2.75, 3.05) is 5.32 Å². The Morgan fingerprint density at radius 1 is 1.21 bits per heavy atom. The molecule has 0 unspecified atom stereocenters. The van der Waals surface area contributed by atoms with E-state index in [-0.39, 0.29) is 0 Å². The quantitative estimate of drug-likeness (QED) is 0.753. The van der Waals surface area contributed by atoms with E-state index in [0.29, 0.717) is 0 Å². The van der Waals surface area contributed by atoms with E-state index in [0.717, 1.165) is 44.8 Å². The summed E-state index contributed by atoms with van der Waals surface area (Å²) in [6, 6.07) is 7.95. The van der Waals surface area contributed by atoms with Gasteiger partial charge >= 0.3 is 0 Å². The predicted molar refractivity (Wildman–Crippen MR) is 85.9 cm³/mol. The summed E-state index contributed by atoms with van der Waals surface area (Å²) in [7, 11) is 0. The molecule has 3 nitrogen and oxygen atoms in total. The molecule has 0 aliphatic rings. The van der Waals surface area contributed by atoms with Gasteiger partial charge in [-0.2, -0.15) is 0 Å². The van der Waals surface area contributed by atoms with Crippen LogP contribution in [0.4, 0.5) is 11.5 Å². The van der Waals surface area contributed by atoms with Crippen LogP contribution in [0.15, 0.2) is 33.3 Å². The third-order valence-electron chi connectivity index (χ3n) is 2.75. The van der Waals surface area contributed by atoms with Crippen LogP contribution in [0.3, 0.4) is 0 Å². The lowest BCUT2D eigenvalue weighted by molar-refractivity contribution is 0.831. The molecule has 0 fully saturated rings. The minimum Gasteiger partial charge on any atom is -0.340 e. The first-order valence-electron chi connectivity index (χ1n) is 6.15. The van der Waals surface area contributed by atoms with Crippen molar-refractivity contribution < 1.29 is 0 Å². The molecule has 0 aliphatic heterocycles. The van der Waals surface area contributed by atoms with Gasteiger partial charge in [-0.1, -0.05) is 28.9 Å². The Balaban J connectivity index is 2.30. The number of anilines is 2. The SMILES string of the molecule is CCCc1nc(Br)cc(Nc2cccc(Br)c2C)n1. The highest BCUT2D eigenvalue weighted by Gasteiger charge is 2.06. The van der Waals surface area contributed by atoms with Crippen LogP contribution < -0.4 is 5.32 Å². The molecule has 1 heterocycles. The molecule has 1 aromatic carbocycles. The molecule has 0 saturated carbocycles. The summed E-state index contributed by atoms with van der Waals surface area (Å²) < 4.78 is 1.89. The second-order valence-electron chi connectivity index (χ2n) is 4.28. The van der Waals surface area contributed by atoms with E-state index < -0.39 is 0 Å². The average Bonchev–Trinajstić information content (AvgIpc) is 2.35. The van der Waals surface area contributed by atoms with Crippen LogP contribution in [-0.2, 0) is 6.42 Å². The first kappa shape index (κ1) is 14.5. The van der Waals surface area contributed by atoms with E-state index in [1.54, 1.807) is 0 Å². The summed E-state index contributed by atoms with van der Waals surface area (Å²) in [5.74, 6) is 1.67. The van der Waals surface area contributed by atoms with Crippen molar-refractivity contribution in [2.24, 2.45) is 0 Å². The van der Waals surface area contributed by atoms with E-state index >= 15 is 0 Å². The van der Waals surface area contributed by atoms with Crippen molar-refractivity contribution in [2.45, 2.75) is 26.7 Å². The normalized spacial score (nSPS) is 10.5. The summed E-state index contributed by atoms with van der Waals surface area (Å²) in [4.78, 5) is 8.88. The Morgan fingerprint density at radius 2 is 2.00 bits per heavy atom. The smallest absolute Gasteiger partial charge is 0.135 e. The predicted octanol–water partition coefficient (Wildman–Crippen LogP) is 5.01. The Morgan fingerprint density at radius 3 is 2.74 bits per heavy atom. The number of nitrogens with zero attached hydrogens (tertiary/aromatic N) is 2. The zero-order chi connectivity index (χ0) is 13.8. The molecular formula is C14H15Br2N3. The number of hydrogen-bond donors (Lipinski definition) is 1. The molecular weight excluding hydrogens is 370 g/mol. The maximum absolute atomic E-state index is 4.52. The minimum atomic E-state index is 0.807. The minimum absolute atomic E-state index is 0.807. The lowest BCUT2D eigenvalue weighted by atomic mass is 10.2. The third-order valence-corrected chi connectivity index (χ3v) is 4.01. The van der Waals surface area contributed by atoms with Crippen molar-refractivity contribution in [3.8, 4) is 0 Å². The fraction of sp³-hybridized carbons (Fsp3) is 0.286. The maximum Gasteiger partial charge on any atom is 0.135 e. The fourth-order valence-corrected chi connectivity index (χ4v) is 2.53. The molecule has 5 heteroatoms. The Labute approximate surface area is 130 Å². The molecule has 0 aliphatic carbocycles. The first-order valence-corrected chi connectivity index (χ1v) is 7.74. The monoisotopic (exact) mass is 383 g/mol. The Hall–Kier alpha value is -0.940. The molecule has 1 N–H and O–H groups in total.